The Morgan fingerprint density at radius 3 is 2.65 bits per heavy atom. The van der Waals surface area contributed by atoms with Gasteiger partial charge in [-0.05, 0) is 37.6 Å². The highest BCUT2D eigenvalue weighted by Gasteiger charge is 2.10. The number of anilines is 1. The first-order valence-corrected chi connectivity index (χ1v) is 7.00. The van der Waals surface area contributed by atoms with Gasteiger partial charge in [0.1, 0.15) is 0 Å². The molecule has 0 heterocycles. The van der Waals surface area contributed by atoms with Gasteiger partial charge in [0.2, 0.25) is 0 Å². The van der Waals surface area contributed by atoms with E-state index in [0.717, 1.165) is 5.56 Å². The fourth-order valence-electron chi connectivity index (χ4n) is 1.40. The van der Waals surface area contributed by atoms with E-state index in [2.05, 4.69) is 5.32 Å². The van der Waals surface area contributed by atoms with Gasteiger partial charge in [-0.1, -0.05) is 0 Å². The zero-order valence-electron chi connectivity index (χ0n) is 10.3. The van der Waals surface area contributed by atoms with E-state index in [1.165, 1.54) is 0 Å². The summed E-state index contributed by atoms with van der Waals surface area (Å²) >= 11 is 0. The van der Waals surface area contributed by atoms with Crippen molar-refractivity contribution < 1.29 is 9.00 Å². The number of hydrogen-bond donors (Lipinski definition) is 2. The Balaban J connectivity index is 2.67. The number of carbonyl (C=O) groups is 1. The van der Waals surface area contributed by atoms with E-state index in [1.54, 1.807) is 24.5 Å². The molecule has 1 rings (SSSR count). The summed E-state index contributed by atoms with van der Waals surface area (Å²) in [6.07, 6.45) is 1.63. The third-order valence-corrected chi connectivity index (χ3v) is 3.78. The van der Waals surface area contributed by atoms with Crippen LogP contribution in [0.3, 0.4) is 0 Å². The lowest BCUT2D eigenvalue weighted by Crippen LogP contribution is -2.32. The van der Waals surface area contributed by atoms with Gasteiger partial charge in [-0.2, -0.15) is 0 Å². The number of rotatable bonds is 4. The smallest absolute Gasteiger partial charge is 0.251 e. The molecule has 1 amide bonds. The third-order valence-electron chi connectivity index (χ3n) is 2.48. The minimum Gasteiger partial charge on any atom is -0.399 e. The standard InChI is InChI=1S/C12H18N2O2S/c1-8-4-10(6-11(13)5-8)12(15)14-7-9(2)17(3)16/h4-6,9H,7,13H2,1-3H3,(H,14,15). The minimum absolute atomic E-state index is 0.0545. The minimum atomic E-state index is -0.931. The monoisotopic (exact) mass is 254 g/mol. The van der Waals surface area contributed by atoms with E-state index < -0.39 is 10.8 Å². The maximum absolute atomic E-state index is 11.8. The molecule has 5 heteroatoms. The molecule has 0 saturated carbocycles. The summed E-state index contributed by atoms with van der Waals surface area (Å²) in [4.78, 5) is 11.8. The van der Waals surface area contributed by atoms with Gasteiger partial charge in [-0.15, -0.1) is 0 Å². The van der Waals surface area contributed by atoms with Crippen LogP contribution in [0.25, 0.3) is 0 Å². The van der Waals surface area contributed by atoms with Crippen molar-refractivity contribution in [3.8, 4) is 0 Å². The summed E-state index contributed by atoms with van der Waals surface area (Å²) < 4.78 is 11.1. The Kier molecular flexibility index (Phi) is 4.69. The van der Waals surface area contributed by atoms with Crippen LogP contribution in [0.15, 0.2) is 18.2 Å². The van der Waals surface area contributed by atoms with Gasteiger partial charge in [-0.3, -0.25) is 9.00 Å². The molecule has 0 aliphatic carbocycles. The fraction of sp³-hybridized carbons (Fsp3) is 0.417. The summed E-state index contributed by atoms with van der Waals surface area (Å²) in [5.41, 5.74) is 7.73. The first-order chi connectivity index (χ1) is 7.90. The number of nitrogen functional groups attached to an aromatic ring is 1. The predicted octanol–water partition coefficient (Wildman–Crippen LogP) is 1.07. The van der Waals surface area contributed by atoms with Crippen molar-refractivity contribution in [1.29, 1.82) is 0 Å². The average Bonchev–Trinajstić information content (AvgIpc) is 2.23. The van der Waals surface area contributed by atoms with Gasteiger partial charge in [-0.25, -0.2) is 0 Å². The highest BCUT2D eigenvalue weighted by atomic mass is 32.2. The molecule has 0 bridgehead atoms. The molecule has 0 aliphatic heterocycles. The first kappa shape index (κ1) is 13.7. The van der Waals surface area contributed by atoms with E-state index in [0.29, 0.717) is 17.8 Å². The van der Waals surface area contributed by atoms with Crippen LogP contribution in [0.2, 0.25) is 0 Å². The highest BCUT2D eigenvalue weighted by molar-refractivity contribution is 7.84. The second-order valence-corrected chi connectivity index (χ2v) is 5.95. The molecule has 2 unspecified atom stereocenters. The van der Waals surface area contributed by atoms with Crippen LogP contribution < -0.4 is 11.1 Å². The lowest BCUT2D eigenvalue weighted by molar-refractivity contribution is 0.0954. The molecule has 17 heavy (non-hydrogen) atoms. The molecule has 0 saturated heterocycles. The Labute approximate surface area is 104 Å². The van der Waals surface area contributed by atoms with Crippen LogP contribution in [-0.4, -0.2) is 28.2 Å². The van der Waals surface area contributed by atoms with Crippen LogP contribution in [0.4, 0.5) is 5.69 Å². The van der Waals surface area contributed by atoms with Crippen molar-refractivity contribution in [3.05, 3.63) is 29.3 Å². The molecule has 1 aromatic rings. The van der Waals surface area contributed by atoms with Gasteiger partial charge in [0, 0.05) is 40.1 Å². The summed E-state index contributed by atoms with van der Waals surface area (Å²) in [6.45, 7) is 4.12. The Morgan fingerprint density at radius 1 is 1.47 bits per heavy atom. The van der Waals surface area contributed by atoms with Crippen molar-refractivity contribution in [2.75, 3.05) is 18.5 Å². The van der Waals surface area contributed by atoms with Crippen LogP contribution in [0.1, 0.15) is 22.8 Å². The molecule has 2 atom stereocenters. The average molecular weight is 254 g/mol. The molecule has 94 valence electrons. The van der Waals surface area contributed by atoms with Gasteiger partial charge in [0.15, 0.2) is 0 Å². The van der Waals surface area contributed by atoms with E-state index in [-0.39, 0.29) is 11.2 Å². The van der Waals surface area contributed by atoms with Gasteiger partial charge in [0.05, 0.1) is 0 Å². The molecule has 0 spiro atoms. The SMILES string of the molecule is Cc1cc(N)cc(C(=O)NCC(C)S(C)=O)c1. The van der Waals surface area contributed by atoms with Crippen LogP contribution in [0.5, 0.6) is 0 Å². The number of nitrogens with two attached hydrogens (primary N) is 1. The first-order valence-electron chi connectivity index (χ1n) is 5.37. The maximum Gasteiger partial charge on any atom is 0.251 e. The summed E-state index contributed by atoms with van der Waals surface area (Å²) in [6, 6.07) is 5.22. The largest absolute Gasteiger partial charge is 0.399 e. The van der Waals surface area contributed by atoms with Gasteiger partial charge >= 0.3 is 0 Å². The van der Waals surface area contributed by atoms with Crippen molar-refractivity contribution in [3.63, 3.8) is 0 Å². The van der Waals surface area contributed by atoms with Crippen LogP contribution in [0, 0.1) is 6.92 Å². The fourth-order valence-corrected chi connectivity index (χ4v) is 1.72. The van der Waals surface area contributed by atoms with Crippen molar-refractivity contribution in [1.82, 2.24) is 5.32 Å². The number of benzene rings is 1. The van der Waals surface area contributed by atoms with Gasteiger partial charge in [0.25, 0.3) is 5.91 Å². The quantitative estimate of drug-likeness (QED) is 0.790. The van der Waals surface area contributed by atoms with Gasteiger partial charge < -0.3 is 11.1 Å². The van der Waals surface area contributed by atoms with E-state index in [9.17, 15) is 9.00 Å². The van der Waals surface area contributed by atoms with Crippen molar-refractivity contribution in [2.45, 2.75) is 19.1 Å². The number of carbonyl (C=O) groups excluding carboxylic acids is 1. The molecule has 1 aromatic carbocycles. The van der Waals surface area contributed by atoms with Crippen LogP contribution >= 0.6 is 0 Å². The summed E-state index contributed by atoms with van der Waals surface area (Å²) in [5.74, 6) is -0.183. The molecule has 3 N–H and O–H groups in total. The molecule has 0 aromatic heterocycles. The second-order valence-electron chi connectivity index (χ2n) is 4.15. The Hall–Kier alpha value is -1.36. The number of aryl methyl sites for hydroxylation is 1. The molecule has 4 nitrogen and oxygen atoms in total. The van der Waals surface area contributed by atoms with Crippen molar-refractivity contribution >= 4 is 22.4 Å². The highest BCUT2D eigenvalue weighted by Crippen LogP contribution is 2.11. The zero-order chi connectivity index (χ0) is 13.0. The Morgan fingerprint density at radius 2 is 2.12 bits per heavy atom. The zero-order valence-corrected chi connectivity index (χ0v) is 11.1. The van der Waals surface area contributed by atoms with E-state index in [4.69, 9.17) is 5.73 Å². The molecule has 0 radical (unpaired) electrons. The second kappa shape index (κ2) is 5.82. The summed E-state index contributed by atoms with van der Waals surface area (Å²) in [7, 11) is -0.931. The summed E-state index contributed by atoms with van der Waals surface area (Å²) in [5, 5.41) is 2.69. The topological polar surface area (TPSA) is 72.2 Å². The number of nitrogens with one attached hydrogen (secondary N) is 1. The molecular formula is C12H18N2O2S. The van der Waals surface area contributed by atoms with E-state index >= 15 is 0 Å². The maximum atomic E-state index is 11.8. The number of hydrogen-bond acceptors (Lipinski definition) is 3. The van der Waals surface area contributed by atoms with Crippen molar-refractivity contribution in [2.24, 2.45) is 0 Å². The molecular weight excluding hydrogens is 236 g/mol. The normalized spacial score (nSPS) is 14.1. The van der Waals surface area contributed by atoms with Crippen LogP contribution in [-0.2, 0) is 10.8 Å². The molecule has 0 aliphatic rings. The number of amides is 1. The Bertz CT molecular complexity index is 426. The predicted molar refractivity (Wildman–Crippen MR) is 71.5 cm³/mol. The lowest BCUT2D eigenvalue weighted by Gasteiger charge is -2.10. The molecule has 0 fully saturated rings. The lowest BCUT2D eigenvalue weighted by atomic mass is 10.1. The third kappa shape index (κ3) is 4.19. The van der Waals surface area contributed by atoms with E-state index in [1.807, 2.05) is 13.8 Å².